The Labute approximate surface area is 100 Å². The van der Waals surface area contributed by atoms with Crippen molar-refractivity contribution >= 4 is 40.8 Å². The number of carbonyl (C=O) groups excluding carboxylic acids is 1. The molecule has 2 aromatic rings. The van der Waals surface area contributed by atoms with Gasteiger partial charge in [0.25, 0.3) is 0 Å². The number of nitrogens with zero attached hydrogens (tertiary/aromatic N) is 2. The van der Waals surface area contributed by atoms with Crippen LogP contribution >= 0.6 is 34.5 Å². The van der Waals surface area contributed by atoms with E-state index in [4.69, 9.17) is 23.2 Å². The quantitative estimate of drug-likeness (QED) is 0.777. The molecule has 0 atom stereocenters. The van der Waals surface area contributed by atoms with E-state index in [0.29, 0.717) is 14.2 Å². The molecule has 0 radical (unpaired) electrons. The first-order chi connectivity index (χ1) is 7.13. The van der Waals surface area contributed by atoms with Crippen LogP contribution in [0.25, 0.3) is 11.3 Å². The van der Waals surface area contributed by atoms with E-state index in [2.05, 4.69) is 5.10 Å². The third-order valence-electron chi connectivity index (χ3n) is 1.97. The Morgan fingerprint density at radius 2 is 2.27 bits per heavy atom. The second-order valence-corrected chi connectivity index (χ2v) is 5.01. The Kier molecular flexibility index (Phi) is 2.82. The second-order valence-electron chi connectivity index (χ2n) is 2.92. The van der Waals surface area contributed by atoms with Crippen LogP contribution in [0.5, 0.6) is 0 Å². The van der Waals surface area contributed by atoms with Crippen LogP contribution in [0, 0.1) is 0 Å². The van der Waals surface area contributed by atoms with Gasteiger partial charge in [-0.25, -0.2) is 0 Å². The summed E-state index contributed by atoms with van der Waals surface area (Å²) in [6.45, 7) is 0. The normalized spacial score (nSPS) is 10.6. The molecule has 0 aliphatic rings. The van der Waals surface area contributed by atoms with Gasteiger partial charge in [0.15, 0.2) is 6.29 Å². The summed E-state index contributed by atoms with van der Waals surface area (Å²) in [5.74, 6) is 0. The number of hydrogen-bond donors (Lipinski definition) is 0. The zero-order valence-electron chi connectivity index (χ0n) is 7.70. The number of rotatable bonds is 2. The maximum absolute atomic E-state index is 10.6. The fraction of sp³-hybridized carbons (Fsp3) is 0.111. The molecule has 0 aromatic carbocycles. The standard InChI is InChI=1S/C9H6Cl2N2OS/c1-13-8(7(10)3-12-13)6-2-5(4-14)15-9(6)11/h2-4H,1H3. The van der Waals surface area contributed by atoms with Gasteiger partial charge in [-0.2, -0.15) is 5.10 Å². The van der Waals surface area contributed by atoms with Crippen molar-refractivity contribution in [1.82, 2.24) is 9.78 Å². The minimum atomic E-state index is 0.523. The average Bonchev–Trinajstić information content (AvgIpc) is 2.71. The highest BCUT2D eigenvalue weighted by Gasteiger charge is 2.15. The maximum atomic E-state index is 10.6. The lowest BCUT2D eigenvalue weighted by atomic mass is 10.2. The summed E-state index contributed by atoms with van der Waals surface area (Å²) in [6, 6.07) is 1.71. The molecule has 0 saturated carbocycles. The molecule has 0 amide bonds. The van der Waals surface area contributed by atoms with E-state index in [-0.39, 0.29) is 0 Å². The number of aromatic nitrogens is 2. The van der Waals surface area contributed by atoms with Gasteiger partial charge in [0.1, 0.15) is 4.34 Å². The Morgan fingerprint density at radius 3 is 2.73 bits per heavy atom. The van der Waals surface area contributed by atoms with Crippen LogP contribution in [0.4, 0.5) is 0 Å². The van der Waals surface area contributed by atoms with Crippen molar-refractivity contribution in [2.75, 3.05) is 0 Å². The van der Waals surface area contributed by atoms with Crippen molar-refractivity contribution in [2.45, 2.75) is 0 Å². The number of halogens is 2. The van der Waals surface area contributed by atoms with E-state index in [0.717, 1.165) is 17.5 Å². The number of aldehydes is 1. The molecule has 0 fully saturated rings. The van der Waals surface area contributed by atoms with Crippen molar-refractivity contribution in [3.8, 4) is 11.3 Å². The third-order valence-corrected chi connectivity index (χ3v) is 3.53. The summed E-state index contributed by atoms with van der Waals surface area (Å²) in [4.78, 5) is 11.2. The molecule has 0 N–H and O–H groups in total. The Hall–Kier alpha value is -0.840. The lowest BCUT2D eigenvalue weighted by Gasteiger charge is -1.99. The summed E-state index contributed by atoms with van der Waals surface area (Å²) in [5.41, 5.74) is 1.47. The number of aryl methyl sites for hydroxylation is 1. The molecule has 6 heteroatoms. The fourth-order valence-electron chi connectivity index (χ4n) is 1.32. The maximum Gasteiger partial charge on any atom is 0.160 e. The van der Waals surface area contributed by atoms with Gasteiger partial charge >= 0.3 is 0 Å². The zero-order valence-corrected chi connectivity index (χ0v) is 10.0. The lowest BCUT2D eigenvalue weighted by Crippen LogP contribution is -1.92. The van der Waals surface area contributed by atoms with E-state index in [1.807, 2.05) is 0 Å². The van der Waals surface area contributed by atoms with Gasteiger partial charge in [-0.15, -0.1) is 11.3 Å². The van der Waals surface area contributed by atoms with Gasteiger partial charge in [-0.3, -0.25) is 9.48 Å². The number of thiophene rings is 1. The van der Waals surface area contributed by atoms with Gasteiger partial charge < -0.3 is 0 Å². The van der Waals surface area contributed by atoms with Gasteiger partial charge in [0, 0.05) is 12.6 Å². The fourth-order valence-corrected chi connectivity index (χ4v) is 2.70. The predicted octanol–water partition coefficient (Wildman–Crippen LogP) is 3.27. The second kappa shape index (κ2) is 3.96. The zero-order chi connectivity index (χ0) is 11.0. The molecule has 2 aromatic heterocycles. The monoisotopic (exact) mass is 260 g/mol. The first-order valence-corrected chi connectivity index (χ1v) is 5.63. The topological polar surface area (TPSA) is 34.9 Å². The molecule has 78 valence electrons. The Bertz CT molecular complexity index is 499. The van der Waals surface area contributed by atoms with Gasteiger partial charge in [-0.1, -0.05) is 23.2 Å². The SMILES string of the molecule is Cn1ncc(Cl)c1-c1cc(C=O)sc1Cl. The summed E-state index contributed by atoms with van der Waals surface area (Å²) in [7, 11) is 1.77. The summed E-state index contributed by atoms with van der Waals surface area (Å²) in [5, 5.41) is 4.53. The minimum absolute atomic E-state index is 0.523. The minimum Gasteiger partial charge on any atom is -0.297 e. The molecule has 0 saturated heterocycles. The largest absolute Gasteiger partial charge is 0.297 e. The van der Waals surface area contributed by atoms with Crippen molar-refractivity contribution in [3.63, 3.8) is 0 Å². The number of carbonyl (C=O) groups is 1. The molecule has 2 heterocycles. The molecular formula is C9H6Cl2N2OS. The summed E-state index contributed by atoms with van der Waals surface area (Å²) < 4.78 is 2.17. The Morgan fingerprint density at radius 1 is 1.53 bits per heavy atom. The lowest BCUT2D eigenvalue weighted by molar-refractivity contribution is 0.112. The molecule has 0 bridgehead atoms. The van der Waals surface area contributed by atoms with Crippen LogP contribution in [-0.4, -0.2) is 16.1 Å². The van der Waals surface area contributed by atoms with Gasteiger partial charge in [0.05, 0.1) is 21.8 Å². The van der Waals surface area contributed by atoms with E-state index in [9.17, 15) is 4.79 Å². The van der Waals surface area contributed by atoms with E-state index in [1.54, 1.807) is 24.0 Å². The highest BCUT2D eigenvalue weighted by molar-refractivity contribution is 7.18. The van der Waals surface area contributed by atoms with Crippen LogP contribution in [0.1, 0.15) is 9.67 Å². The average molecular weight is 261 g/mol. The van der Waals surface area contributed by atoms with E-state index < -0.39 is 0 Å². The molecule has 0 aliphatic heterocycles. The summed E-state index contributed by atoms with van der Waals surface area (Å²) in [6.07, 6.45) is 2.32. The highest BCUT2D eigenvalue weighted by atomic mass is 35.5. The Balaban J connectivity index is 2.63. The van der Waals surface area contributed by atoms with Crippen LogP contribution in [0.15, 0.2) is 12.3 Å². The van der Waals surface area contributed by atoms with Gasteiger partial charge in [-0.05, 0) is 6.07 Å². The van der Waals surface area contributed by atoms with Crippen molar-refractivity contribution in [3.05, 3.63) is 26.5 Å². The van der Waals surface area contributed by atoms with Crippen molar-refractivity contribution < 1.29 is 4.79 Å². The molecule has 0 unspecified atom stereocenters. The molecule has 2 rings (SSSR count). The van der Waals surface area contributed by atoms with Crippen LogP contribution in [-0.2, 0) is 7.05 Å². The summed E-state index contributed by atoms with van der Waals surface area (Å²) >= 11 is 13.2. The highest BCUT2D eigenvalue weighted by Crippen LogP contribution is 2.37. The van der Waals surface area contributed by atoms with Crippen LogP contribution in [0.2, 0.25) is 9.36 Å². The van der Waals surface area contributed by atoms with Crippen LogP contribution in [0.3, 0.4) is 0 Å². The van der Waals surface area contributed by atoms with Gasteiger partial charge in [0.2, 0.25) is 0 Å². The predicted molar refractivity (Wildman–Crippen MR) is 61.9 cm³/mol. The molecule has 15 heavy (non-hydrogen) atoms. The smallest absolute Gasteiger partial charge is 0.160 e. The molecular weight excluding hydrogens is 255 g/mol. The van der Waals surface area contributed by atoms with Crippen LogP contribution < -0.4 is 0 Å². The van der Waals surface area contributed by atoms with Crippen molar-refractivity contribution in [2.24, 2.45) is 7.05 Å². The van der Waals surface area contributed by atoms with E-state index >= 15 is 0 Å². The first-order valence-electron chi connectivity index (χ1n) is 4.06. The number of hydrogen-bond acceptors (Lipinski definition) is 3. The molecule has 3 nitrogen and oxygen atoms in total. The first kappa shape index (κ1) is 10.7. The molecule has 0 aliphatic carbocycles. The van der Waals surface area contributed by atoms with E-state index in [1.165, 1.54) is 11.3 Å². The molecule has 0 spiro atoms. The third kappa shape index (κ3) is 1.80. The van der Waals surface area contributed by atoms with Crippen molar-refractivity contribution in [1.29, 1.82) is 0 Å².